The molecule has 1 aromatic rings. The summed E-state index contributed by atoms with van der Waals surface area (Å²) >= 11 is 1.50. The van der Waals surface area contributed by atoms with Crippen LogP contribution in [-0.4, -0.2) is 63.6 Å². The Morgan fingerprint density at radius 2 is 1.75 bits per heavy atom. The molecular formula is C20H25FN2O4S. The SMILES string of the molecule is CC(=O)N1CCC(C(=O)N2CCC(SCc3ccc(F)cc3)C2C(=O)O)CC1. The third-order valence-electron chi connectivity index (χ3n) is 5.55. The number of carboxylic acids is 1. The molecule has 0 spiro atoms. The van der Waals surface area contributed by atoms with Gasteiger partial charge in [0.05, 0.1) is 0 Å². The third-order valence-corrected chi connectivity index (χ3v) is 6.97. The molecule has 28 heavy (non-hydrogen) atoms. The smallest absolute Gasteiger partial charge is 0.327 e. The predicted molar refractivity (Wildman–Crippen MR) is 104 cm³/mol. The Morgan fingerprint density at radius 1 is 1.11 bits per heavy atom. The Labute approximate surface area is 168 Å². The minimum Gasteiger partial charge on any atom is -0.480 e. The second-order valence-corrected chi connectivity index (χ2v) is 8.59. The lowest BCUT2D eigenvalue weighted by Gasteiger charge is -2.34. The van der Waals surface area contributed by atoms with E-state index in [4.69, 9.17) is 0 Å². The fourth-order valence-corrected chi connectivity index (χ4v) is 5.25. The zero-order chi connectivity index (χ0) is 20.3. The fourth-order valence-electron chi connectivity index (χ4n) is 3.94. The summed E-state index contributed by atoms with van der Waals surface area (Å²) in [5.41, 5.74) is 0.928. The molecule has 0 aliphatic carbocycles. The van der Waals surface area contributed by atoms with Crippen LogP contribution in [-0.2, 0) is 20.1 Å². The maximum Gasteiger partial charge on any atom is 0.327 e. The number of thioether (sulfide) groups is 1. The van der Waals surface area contributed by atoms with E-state index < -0.39 is 12.0 Å². The number of hydrogen-bond donors (Lipinski definition) is 1. The lowest BCUT2D eigenvalue weighted by atomic mass is 9.95. The number of carboxylic acid groups (broad SMARTS) is 1. The first-order valence-electron chi connectivity index (χ1n) is 9.51. The minimum absolute atomic E-state index is 0.00717. The van der Waals surface area contributed by atoms with Crippen molar-refractivity contribution in [1.29, 1.82) is 0 Å². The number of rotatable bonds is 5. The lowest BCUT2D eigenvalue weighted by Crippen LogP contribution is -2.49. The number of halogens is 1. The molecule has 1 aromatic carbocycles. The first-order chi connectivity index (χ1) is 13.4. The van der Waals surface area contributed by atoms with Crippen molar-refractivity contribution in [1.82, 2.24) is 9.80 Å². The molecule has 8 heteroatoms. The molecule has 2 atom stereocenters. The number of amides is 2. The lowest BCUT2D eigenvalue weighted by molar-refractivity contribution is -0.150. The quantitative estimate of drug-likeness (QED) is 0.809. The van der Waals surface area contributed by atoms with Crippen molar-refractivity contribution in [2.24, 2.45) is 5.92 Å². The van der Waals surface area contributed by atoms with Gasteiger partial charge in [-0.2, -0.15) is 11.8 Å². The summed E-state index contributed by atoms with van der Waals surface area (Å²) < 4.78 is 13.0. The van der Waals surface area contributed by atoms with Gasteiger partial charge in [-0.05, 0) is 37.0 Å². The molecule has 0 saturated carbocycles. The fraction of sp³-hybridized carbons (Fsp3) is 0.550. The zero-order valence-corrected chi connectivity index (χ0v) is 16.7. The normalized spacial score (nSPS) is 23.1. The van der Waals surface area contributed by atoms with Gasteiger partial charge in [0.15, 0.2) is 0 Å². The molecular weight excluding hydrogens is 383 g/mol. The number of benzene rings is 1. The molecule has 0 radical (unpaired) electrons. The maximum atomic E-state index is 13.0. The van der Waals surface area contributed by atoms with Crippen LogP contribution in [0.2, 0.25) is 0 Å². The van der Waals surface area contributed by atoms with Crippen LogP contribution in [0.15, 0.2) is 24.3 Å². The van der Waals surface area contributed by atoms with Gasteiger partial charge in [-0.15, -0.1) is 0 Å². The van der Waals surface area contributed by atoms with Gasteiger partial charge in [-0.1, -0.05) is 12.1 Å². The Bertz CT molecular complexity index is 734. The Morgan fingerprint density at radius 3 is 2.32 bits per heavy atom. The van der Waals surface area contributed by atoms with Crippen molar-refractivity contribution in [3.8, 4) is 0 Å². The summed E-state index contributed by atoms with van der Waals surface area (Å²) in [6.07, 6.45) is 1.78. The standard InChI is InChI=1S/C20H25FN2O4S/c1-13(24)22-9-6-15(7-10-22)19(25)23-11-8-17(18(23)20(26)27)28-12-14-2-4-16(21)5-3-14/h2-5,15,17-18H,6-12H2,1H3,(H,26,27). The Balaban J connectivity index is 1.60. The predicted octanol–water partition coefficient (Wildman–Crippen LogP) is 2.37. The van der Waals surface area contributed by atoms with E-state index in [1.807, 2.05) is 0 Å². The zero-order valence-electron chi connectivity index (χ0n) is 15.8. The summed E-state index contributed by atoms with van der Waals surface area (Å²) in [5, 5.41) is 9.55. The van der Waals surface area contributed by atoms with Gasteiger partial charge in [0.2, 0.25) is 11.8 Å². The highest BCUT2D eigenvalue weighted by Gasteiger charge is 2.44. The van der Waals surface area contributed by atoms with Crippen molar-refractivity contribution < 1.29 is 23.9 Å². The molecule has 2 unspecified atom stereocenters. The van der Waals surface area contributed by atoms with Crippen LogP contribution in [0.4, 0.5) is 4.39 Å². The second kappa shape index (κ2) is 8.94. The number of piperidine rings is 1. The third kappa shape index (κ3) is 4.66. The van der Waals surface area contributed by atoms with E-state index in [-0.39, 0.29) is 28.8 Å². The molecule has 2 fully saturated rings. The maximum absolute atomic E-state index is 13.0. The van der Waals surface area contributed by atoms with E-state index in [9.17, 15) is 23.9 Å². The first-order valence-corrected chi connectivity index (χ1v) is 10.6. The van der Waals surface area contributed by atoms with Crippen molar-refractivity contribution in [3.05, 3.63) is 35.6 Å². The van der Waals surface area contributed by atoms with Crippen LogP contribution >= 0.6 is 11.8 Å². The number of likely N-dealkylation sites (tertiary alicyclic amines) is 2. The molecule has 1 N–H and O–H groups in total. The molecule has 6 nitrogen and oxygen atoms in total. The van der Waals surface area contributed by atoms with Crippen LogP contribution in [0, 0.1) is 11.7 Å². The minimum atomic E-state index is -0.983. The Kier molecular flexibility index (Phi) is 6.59. The van der Waals surface area contributed by atoms with E-state index in [0.29, 0.717) is 44.6 Å². The van der Waals surface area contributed by atoms with Gasteiger partial charge in [0.1, 0.15) is 11.9 Å². The van der Waals surface area contributed by atoms with E-state index in [0.717, 1.165) is 5.56 Å². The van der Waals surface area contributed by atoms with Crippen LogP contribution in [0.3, 0.4) is 0 Å². The van der Waals surface area contributed by atoms with Gasteiger partial charge in [0, 0.05) is 43.5 Å². The monoisotopic (exact) mass is 408 g/mol. The molecule has 2 aliphatic rings. The van der Waals surface area contributed by atoms with E-state index in [1.165, 1.54) is 35.7 Å². The summed E-state index contributed by atoms with van der Waals surface area (Å²) in [6, 6.07) is 5.33. The summed E-state index contributed by atoms with van der Waals surface area (Å²) in [6.45, 7) is 3.04. The van der Waals surface area contributed by atoms with E-state index in [1.54, 1.807) is 17.0 Å². The largest absolute Gasteiger partial charge is 0.480 e. The van der Waals surface area contributed by atoms with Crippen LogP contribution in [0.5, 0.6) is 0 Å². The van der Waals surface area contributed by atoms with Crippen LogP contribution in [0.1, 0.15) is 31.7 Å². The summed E-state index contributed by atoms with van der Waals surface area (Å²) in [4.78, 5) is 39.5. The van der Waals surface area contributed by atoms with Crippen LogP contribution < -0.4 is 0 Å². The highest BCUT2D eigenvalue weighted by Crippen LogP contribution is 2.33. The molecule has 152 valence electrons. The van der Waals surface area contributed by atoms with Gasteiger partial charge in [-0.3, -0.25) is 9.59 Å². The number of hydrogen-bond acceptors (Lipinski definition) is 4. The highest BCUT2D eigenvalue weighted by atomic mass is 32.2. The molecule has 0 bridgehead atoms. The van der Waals surface area contributed by atoms with E-state index in [2.05, 4.69) is 0 Å². The molecule has 2 amide bonds. The number of carbonyl (C=O) groups is 3. The number of aliphatic carboxylic acids is 1. The van der Waals surface area contributed by atoms with Crippen molar-refractivity contribution in [2.45, 2.75) is 43.2 Å². The second-order valence-electron chi connectivity index (χ2n) is 7.36. The highest BCUT2D eigenvalue weighted by molar-refractivity contribution is 7.99. The summed E-state index contributed by atoms with van der Waals surface area (Å²) in [7, 11) is 0. The van der Waals surface area contributed by atoms with Crippen molar-refractivity contribution in [2.75, 3.05) is 19.6 Å². The van der Waals surface area contributed by atoms with Crippen molar-refractivity contribution >= 4 is 29.5 Å². The number of nitrogens with zero attached hydrogens (tertiary/aromatic N) is 2. The molecule has 3 rings (SSSR count). The first kappa shape index (κ1) is 20.6. The van der Waals surface area contributed by atoms with Gasteiger partial charge >= 0.3 is 5.97 Å². The van der Waals surface area contributed by atoms with Gasteiger partial charge in [0.25, 0.3) is 0 Å². The molecule has 2 saturated heterocycles. The molecule has 2 aliphatic heterocycles. The average molecular weight is 408 g/mol. The average Bonchev–Trinajstić information content (AvgIpc) is 3.11. The molecule has 2 heterocycles. The van der Waals surface area contributed by atoms with Crippen molar-refractivity contribution in [3.63, 3.8) is 0 Å². The summed E-state index contributed by atoms with van der Waals surface area (Å²) in [5.74, 6) is -1.03. The number of carbonyl (C=O) groups excluding carboxylic acids is 2. The van der Waals surface area contributed by atoms with E-state index >= 15 is 0 Å². The van der Waals surface area contributed by atoms with Gasteiger partial charge < -0.3 is 14.9 Å². The Hall–Kier alpha value is -2.09. The van der Waals surface area contributed by atoms with Crippen LogP contribution in [0.25, 0.3) is 0 Å². The topological polar surface area (TPSA) is 77.9 Å². The molecule has 0 aromatic heterocycles. The van der Waals surface area contributed by atoms with Gasteiger partial charge in [-0.25, -0.2) is 9.18 Å².